The van der Waals surface area contributed by atoms with E-state index >= 15 is 0 Å². The summed E-state index contributed by atoms with van der Waals surface area (Å²) in [5.74, 6) is 0.111. The number of morpholine rings is 1. The van der Waals surface area contributed by atoms with Gasteiger partial charge in [-0.2, -0.15) is 13.2 Å². The number of amides is 1. The van der Waals surface area contributed by atoms with Crippen LogP contribution in [0.25, 0.3) is 0 Å². The topological polar surface area (TPSA) is 45.7 Å². The Bertz CT molecular complexity index is 896. The van der Waals surface area contributed by atoms with Crippen molar-refractivity contribution in [2.45, 2.75) is 31.5 Å². The Labute approximate surface area is 179 Å². The molecule has 31 heavy (non-hydrogen) atoms. The number of carbonyl (C=O) groups excluding carboxylic acids is 1. The van der Waals surface area contributed by atoms with Crippen LogP contribution in [0, 0.1) is 0 Å². The lowest BCUT2D eigenvalue weighted by Gasteiger charge is -2.30. The highest BCUT2D eigenvalue weighted by Gasteiger charge is 2.32. The van der Waals surface area contributed by atoms with Crippen LogP contribution in [-0.2, 0) is 22.1 Å². The fourth-order valence-corrected chi connectivity index (χ4v) is 4.22. The van der Waals surface area contributed by atoms with E-state index < -0.39 is 11.7 Å². The van der Waals surface area contributed by atoms with Crippen LogP contribution in [0.4, 0.5) is 13.2 Å². The lowest BCUT2D eigenvalue weighted by atomic mass is 10.1. The van der Waals surface area contributed by atoms with Crippen molar-refractivity contribution >= 4 is 5.91 Å². The first-order chi connectivity index (χ1) is 14.9. The van der Waals surface area contributed by atoms with Crippen LogP contribution in [0.2, 0.25) is 0 Å². The first-order valence-electron chi connectivity index (χ1n) is 10.6. The van der Waals surface area contributed by atoms with Gasteiger partial charge in [-0.25, -0.2) is 0 Å². The number of aromatic nitrogens is 1. The standard InChI is InChI=1S/C23H26F3N3O2/c24-23(25,26)18-8-6-17(7-9-18)15-19-3-1-4-20(27-19)21-5-2-10-29(21)22(30)16-28-11-13-31-14-12-28/h1,3-4,6-9,21H,2,5,10-16H2/t21-/m1/s1. The van der Waals surface area contributed by atoms with Crippen molar-refractivity contribution in [2.24, 2.45) is 0 Å². The van der Waals surface area contributed by atoms with Gasteiger partial charge in [0, 0.05) is 31.7 Å². The number of alkyl halides is 3. The average Bonchev–Trinajstić information content (AvgIpc) is 3.25. The van der Waals surface area contributed by atoms with E-state index in [-0.39, 0.29) is 11.9 Å². The number of carbonyl (C=O) groups is 1. The lowest BCUT2D eigenvalue weighted by Crippen LogP contribution is -2.44. The summed E-state index contributed by atoms with van der Waals surface area (Å²) in [7, 11) is 0. The first-order valence-corrected chi connectivity index (χ1v) is 10.6. The molecule has 0 spiro atoms. The average molecular weight is 433 g/mol. The molecule has 0 bridgehead atoms. The number of ether oxygens (including phenoxy) is 1. The summed E-state index contributed by atoms with van der Waals surface area (Å²) in [5, 5.41) is 0. The van der Waals surface area contributed by atoms with E-state index in [1.54, 1.807) is 0 Å². The molecule has 1 amide bonds. The monoisotopic (exact) mass is 433 g/mol. The molecule has 0 saturated carbocycles. The fourth-order valence-electron chi connectivity index (χ4n) is 4.22. The van der Waals surface area contributed by atoms with Gasteiger partial charge in [0.1, 0.15) is 0 Å². The van der Waals surface area contributed by atoms with Crippen LogP contribution in [-0.4, -0.2) is 60.1 Å². The summed E-state index contributed by atoms with van der Waals surface area (Å²) < 4.78 is 43.7. The van der Waals surface area contributed by atoms with Crippen molar-refractivity contribution in [3.05, 3.63) is 65.0 Å². The Morgan fingerprint density at radius 1 is 1.06 bits per heavy atom. The summed E-state index contributed by atoms with van der Waals surface area (Å²) >= 11 is 0. The Morgan fingerprint density at radius 2 is 1.81 bits per heavy atom. The zero-order valence-corrected chi connectivity index (χ0v) is 17.3. The van der Waals surface area contributed by atoms with Crippen molar-refractivity contribution in [3.8, 4) is 0 Å². The SMILES string of the molecule is O=C(CN1CCOCC1)N1CCC[C@@H]1c1cccc(Cc2ccc(C(F)(F)F)cc2)n1. The molecule has 1 atom stereocenters. The van der Waals surface area contributed by atoms with E-state index in [1.165, 1.54) is 12.1 Å². The number of nitrogens with zero attached hydrogens (tertiary/aromatic N) is 3. The molecule has 0 N–H and O–H groups in total. The number of likely N-dealkylation sites (tertiary alicyclic amines) is 1. The van der Waals surface area contributed by atoms with Crippen molar-refractivity contribution < 1.29 is 22.7 Å². The van der Waals surface area contributed by atoms with Crippen LogP contribution in [0.5, 0.6) is 0 Å². The molecule has 0 unspecified atom stereocenters. The molecule has 1 aromatic heterocycles. The molecule has 2 saturated heterocycles. The largest absolute Gasteiger partial charge is 0.416 e. The van der Waals surface area contributed by atoms with Gasteiger partial charge in [0.05, 0.1) is 37.1 Å². The molecule has 2 aliphatic rings. The summed E-state index contributed by atoms with van der Waals surface area (Å²) in [6.45, 7) is 3.97. The maximum Gasteiger partial charge on any atom is 0.416 e. The molecule has 2 fully saturated rings. The minimum atomic E-state index is -4.34. The highest BCUT2D eigenvalue weighted by Crippen LogP contribution is 2.32. The molecule has 2 aliphatic heterocycles. The van der Waals surface area contributed by atoms with Gasteiger partial charge in [-0.3, -0.25) is 14.7 Å². The maximum atomic E-state index is 12.9. The van der Waals surface area contributed by atoms with Gasteiger partial charge < -0.3 is 9.64 Å². The van der Waals surface area contributed by atoms with E-state index in [1.807, 2.05) is 23.1 Å². The van der Waals surface area contributed by atoms with Gasteiger partial charge >= 0.3 is 6.18 Å². The molecule has 0 aliphatic carbocycles. The van der Waals surface area contributed by atoms with Crippen molar-refractivity contribution in [2.75, 3.05) is 39.4 Å². The third kappa shape index (κ3) is 5.43. The normalized spacial score (nSPS) is 20.2. The van der Waals surface area contributed by atoms with Crippen LogP contribution >= 0.6 is 0 Å². The van der Waals surface area contributed by atoms with E-state index in [0.29, 0.717) is 26.2 Å². The lowest BCUT2D eigenvalue weighted by molar-refractivity contribution is -0.137. The van der Waals surface area contributed by atoms with E-state index in [0.717, 1.165) is 61.6 Å². The number of benzene rings is 1. The first kappa shape index (κ1) is 21.8. The third-order valence-electron chi connectivity index (χ3n) is 5.87. The molecule has 1 aromatic carbocycles. The Balaban J connectivity index is 1.43. The van der Waals surface area contributed by atoms with Crippen LogP contribution in [0.15, 0.2) is 42.5 Å². The molecule has 0 radical (unpaired) electrons. The van der Waals surface area contributed by atoms with Crippen LogP contribution in [0.1, 0.15) is 41.4 Å². The molecular weight excluding hydrogens is 407 g/mol. The fraction of sp³-hybridized carbons (Fsp3) is 0.478. The third-order valence-corrected chi connectivity index (χ3v) is 5.87. The molecule has 4 rings (SSSR count). The highest BCUT2D eigenvalue weighted by atomic mass is 19.4. The van der Waals surface area contributed by atoms with Gasteiger partial charge in [-0.05, 0) is 42.7 Å². The van der Waals surface area contributed by atoms with E-state index in [4.69, 9.17) is 9.72 Å². The Kier molecular flexibility index (Phi) is 6.57. The predicted molar refractivity (Wildman–Crippen MR) is 109 cm³/mol. The van der Waals surface area contributed by atoms with Crippen molar-refractivity contribution in [3.63, 3.8) is 0 Å². The zero-order valence-electron chi connectivity index (χ0n) is 17.3. The Hall–Kier alpha value is -2.45. The molecule has 166 valence electrons. The molecule has 5 nitrogen and oxygen atoms in total. The Morgan fingerprint density at radius 3 is 2.52 bits per heavy atom. The van der Waals surface area contributed by atoms with Gasteiger partial charge in [0.2, 0.25) is 5.91 Å². The maximum absolute atomic E-state index is 12.9. The summed E-state index contributed by atoms with van der Waals surface area (Å²) in [4.78, 5) is 21.7. The highest BCUT2D eigenvalue weighted by molar-refractivity contribution is 5.79. The van der Waals surface area contributed by atoms with Crippen LogP contribution < -0.4 is 0 Å². The van der Waals surface area contributed by atoms with Crippen LogP contribution in [0.3, 0.4) is 0 Å². The van der Waals surface area contributed by atoms with Gasteiger partial charge in [-0.1, -0.05) is 18.2 Å². The van der Waals surface area contributed by atoms with E-state index in [2.05, 4.69) is 4.90 Å². The minimum Gasteiger partial charge on any atom is -0.379 e. The molecule has 2 aromatic rings. The van der Waals surface area contributed by atoms with Gasteiger partial charge in [-0.15, -0.1) is 0 Å². The zero-order chi connectivity index (χ0) is 21.8. The smallest absolute Gasteiger partial charge is 0.379 e. The second kappa shape index (κ2) is 9.36. The quantitative estimate of drug-likeness (QED) is 0.722. The molecule has 8 heteroatoms. The summed E-state index contributed by atoms with van der Waals surface area (Å²) in [6, 6.07) is 10.8. The minimum absolute atomic E-state index is 0.0545. The number of pyridine rings is 1. The number of hydrogen-bond donors (Lipinski definition) is 0. The molecule has 3 heterocycles. The second-order valence-electron chi connectivity index (χ2n) is 8.06. The van der Waals surface area contributed by atoms with Crippen molar-refractivity contribution in [1.29, 1.82) is 0 Å². The van der Waals surface area contributed by atoms with Gasteiger partial charge in [0.25, 0.3) is 0 Å². The predicted octanol–water partition coefficient (Wildman–Crippen LogP) is 3.69. The number of halogens is 3. The summed E-state index contributed by atoms with van der Waals surface area (Å²) in [6.07, 6.45) is -2.09. The van der Waals surface area contributed by atoms with Crippen molar-refractivity contribution in [1.82, 2.24) is 14.8 Å². The molecular formula is C23H26F3N3O2. The number of rotatable bonds is 5. The van der Waals surface area contributed by atoms with E-state index in [9.17, 15) is 18.0 Å². The second-order valence-corrected chi connectivity index (χ2v) is 8.06. The van der Waals surface area contributed by atoms with Gasteiger partial charge in [0.15, 0.2) is 0 Å². The summed E-state index contributed by atoms with van der Waals surface area (Å²) in [5.41, 5.74) is 1.74. The number of hydrogen-bond acceptors (Lipinski definition) is 4.